The molecule has 126 valence electrons. The number of hydrogen-bond acceptors (Lipinski definition) is 4. The van der Waals surface area contributed by atoms with Crippen LogP contribution >= 0.6 is 0 Å². The van der Waals surface area contributed by atoms with Crippen LogP contribution in [0.25, 0.3) is 0 Å². The van der Waals surface area contributed by atoms with Crippen molar-refractivity contribution in [1.29, 1.82) is 0 Å². The van der Waals surface area contributed by atoms with Crippen LogP contribution in [0.15, 0.2) is 59.5 Å². The summed E-state index contributed by atoms with van der Waals surface area (Å²) in [6.07, 6.45) is 0. The number of carbonyl (C=O) groups is 2. The van der Waals surface area contributed by atoms with Crippen molar-refractivity contribution in [3.63, 3.8) is 0 Å². The molecule has 0 bridgehead atoms. The van der Waals surface area contributed by atoms with Gasteiger partial charge in [-0.1, -0.05) is 24.3 Å². The zero-order valence-corrected chi connectivity index (χ0v) is 13.5. The average Bonchev–Trinajstić information content (AvgIpc) is 2.55. The molecule has 0 aromatic heterocycles. The molecule has 0 spiro atoms. The van der Waals surface area contributed by atoms with E-state index in [0.29, 0.717) is 4.31 Å². The highest BCUT2D eigenvalue weighted by Crippen LogP contribution is 2.27. The van der Waals surface area contributed by atoms with Gasteiger partial charge in [-0.3, -0.25) is 4.31 Å². The zero-order valence-electron chi connectivity index (χ0n) is 12.7. The summed E-state index contributed by atoms with van der Waals surface area (Å²) >= 11 is 0. The van der Waals surface area contributed by atoms with Crippen LogP contribution in [0.3, 0.4) is 0 Å². The van der Waals surface area contributed by atoms with Crippen molar-refractivity contribution >= 4 is 27.6 Å². The summed E-state index contributed by atoms with van der Waals surface area (Å²) in [5.74, 6) is -2.59. The molecule has 0 heterocycles. The molecule has 1 unspecified atom stereocenters. The number of aliphatic carboxylic acids is 1. The van der Waals surface area contributed by atoms with Crippen LogP contribution in [0.4, 0.5) is 5.69 Å². The Balaban J connectivity index is 2.64. The van der Waals surface area contributed by atoms with Gasteiger partial charge in [-0.15, -0.1) is 0 Å². The third kappa shape index (κ3) is 3.38. The number of anilines is 1. The normalized spacial score (nSPS) is 12.4. The van der Waals surface area contributed by atoms with Gasteiger partial charge in [0.2, 0.25) is 0 Å². The number of carboxylic acids is 2. The summed E-state index contributed by atoms with van der Waals surface area (Å²) in [7, 11) is -4.18. The summed E-state index contributed by atoms with van der Waals surface area (Å²) in [5, 5.41) is 18.4. The van der Waals surface area contributed by atoms with E-state index in [1.165, 1.54) is 49.4 Å². The summed E-state index contributed by atoms with van der Waals surface area (Å²) in [4.78, 5) is 22.4. The van der Waals surface area contributed by atoms with Crippen LogP contribution in [0.5, 0.6) is 0 Å². The third-order valence-corrected chi connectivity index (χ3v) is 5.27. The van der Waals surface area contributed by atoms with Crippen LogP contribution < -0.4 is 4.31 Å². The van der Waals surface area contributed by atoms with Crippen LogP contribution in [0.2, 0.25) is 0 Å². The number of sulfonamides is 1. The van der Waals surface area contributed by atoms with Gasteiger partial charge >= 0.3 is 11.9 Å². The maximum atomic E-state index is 12.9. The lowest BCUT2D eigenvalue weighted by Crippen LogP contribution is -2.43. The molecule has 0 aliphatic heterocycles. The SMILES string of the molecule is CC(C(=O)O)N(c1cccc(C(=O)O)c1)S(=O)(=O)c1ccccc1. The lowest BCUT2D eigenvalue weighted by molar-refractivity contribution is -0.137. The van der Waals surface area contributed by atoms with E-state index >= 15 is 0 Å². The predicted octanol–water partition coefficient (Wildman–Crippen LogP) is 2.05. The first-order chi connectivity index (χ1) is 11.2. The second kappa shape index (κ2) is 6.71. The largest absolute Gasteiger partial charge is 0.480 e. The second-order valence-corrected chi connectivity index (χ2v) is 6.80. The standard InChI is InChI=1S/C16H15NO6S/c1-11(15(18)19)17(13-7-5-6-12(10-13)16(20)21)24(22,23)14-8-3-2-4-9-14/h2-11H,1H3,(H,18,19)(H,20,21). The number of rotatable bonds is 6. The molecule has 8 heteroatoms. The summed E-state index contributed by atoms with van der Waals surface area (Å²) in [6, 6.07) is 11.1. The molecule has 2 aromatic rings. The van der Waals surface area contributed by atoms with Crippen molar-refractivity contribution in [2.75, 3.05) is 4.31 Å². The summed E-state index contributed by atoms with van der Waals surface area (Å²) in [6.45, 7) is 1.22. The van der Waals surface area contributed by atoms with Crippen molar-refractivity contribution in [3.05, 3.63) is 60.2 Å². The molecule has 2 N–H and O–H groups in total. The van der Waals surface area contributed by atoms with Crippen LogP contribution in [-0.2, 0) is 14.8 Å². The van der Waals surface area contributed by atoms with E-state index < -0.39 is 28.0 Å². The average molecular weight is 349 g/mol. The van der Waals surface area contributed by atoms with Crippen LogP contribution in [-0.4, -0.2) is 36.6 Å². The van der Waals surface area contributed by atoms with E-state index in [1.54, 1.807) is 6.07 Å². The van der Waals surface area contributed by atoms with E-state index in [9.17, 15) is 23.1 Å². The minimum atomic E-state index is -4.18. The van der Waals surface area contributed by atoms with Crippen LogP contribution in [0, 0.1) is 0 Å². The lowest BCUT2D eigenvalue weighted by atomic mass is 10.2. The van der Waals surface area contributed by atoms with Gasteiger partial charge < -0.3 is 10.2 Å². The van der Waals surface area contributed by atoms with Crippen molar-refractivity contribution in [2.45, 2.75) is 17.9 Å². The molecule has 7 nitrogen and oxygen atoms in total. The molecule has 0 aliphatic rings. The van der Waals surface area contributed by atoms with Gasteiger partial charge in [-0.2, -0.15) is 0 Å². The number of hydrogen-bond donors (Lipinski definition) is 2. The van der Waals surface area contributed by atoms with Crippen molar-refractivity contribution < 1.29 is 28.2 Å². The Bertz CT molecular complexity index is 863. The van der Waals surface area contributed by atoms with Gasteiger partial charge in [0.05, 0.1) is 16.1 Å². The van der Waals surface area contributed by atoms with Gasteiger partial charge in [0.1, 0.15) is 6.04 Å². The molecular formula is C16H15NO6S. The Morgan fingerprint density at radius 1 is 1.00 bits per heavy atom. The van der Waals surface area contributed by atoms with E-state index in [1.807, 2.05) is 0 Å². The Kier molecular flexibility index (Phi) is 4.89. The van der Waals surface area contributed by atoms with E-state index in [2.05, 4.69) is 0 Å². The fraction of sp³-hybridized carbons (Fsp3) is 0.125. The zero-order chi connectivity index (χ0) is 17.9. The molecule has 0 aliphatic carbocycles. The number of aromatic carboxylic acids is 1. The minimum Gasteiger partial charge on any atom is -0.480 e. The molecule has 24 heavy (non-hydrogen) atoms. The molecule has 2 rings (SSSR count). The first-order valence-electron chi connectivity index (χ1n) is 6.91. The highest BCUT2D eigenvalue weighted by molar-refractivity contribution is 7.92. The Morgan fingerprint density at radius 3 is 2.17 bits per heavy atom. The monoisotopic (exact) mass is 349 g/mol. The highest BCUT2D eigenvalue weighted by Gasteiger charge is 2.33. The number of benzene rings is 2. The predicted molar refractivity (Wildman–Crippen MR) is 86.6 cm³/mol. The first kappa shape index (κ1) is 17.5. The Morgan fingerprint density at radius 2 is 1.62 bits per heavy atom. The Labute approximate surface area is 138 Å². The smallest absolute Gasteiger partial charge is 0.335 e. The number of carboxylic acid groups (broad SMARTS) is 2. The van der Waals surface area contributed by atoms with Crippen LogP contribution in [0.1, 0.15) is 17.3 Å². The van der Waals surface area contributed by atoms with Gasteiger partial charge in [0, 0.05) is 0 Å². The molecule has 1 atom stereocenters. The first-order valence-corrected chi connectivity index (χ1v) is 8.35. The summed E-state index contributed by atoms with van der Waals surface area (Å²) in [5.41, 5.74) is -0.174. The Hall–Kier alpha value is -2.87. The maximum Gasteiger partial charge on any atom is 0.335 e. The van der Waals surface area contributed by atoms with Gasteiger partial charge in [0.15, 0.2) is 0 Å². The van der Waals surface area contributed by atoms with Gasteiger partial charge in [0.25, 0.3) is 10.0 Å². The molecule has 2 aromatic carbocycles. The third-order valence-electron chi connectivity index (χ3n) is 3.36. The molecule has 0 amide bonds. The van der Waals surface area contributed by atoms with Crippen molar-refractivity contribution in [3.8, 4) is 0 Å². The molecular weight excluding hydrogens is 334 g/mol. The molecule has 0 fully saturated rings. The van der Waals surface area contributed by atoms with E-state index in [4.69, 9.17) is 5.11 Å². The van der Waals surface area contributed by atoms with Gasteiger partial charge in [-0.25, -0.2) is 18.0 Å². The van der Waals surface area contributed by atoms with Crippen molar-refractivity contribution in [2.24, 2.45) is 0 Å². The minimum absolute atomic E-state index is 0.0337. The van der Waals surface area contributed by atoms with E-state index in [-0.39, 0.29) is 16.1 Å². The fourth-order valence-corrected chi connectivity index (χ4v) is 3.78. The second-order valence-electron chi connectivity index (χ2n) is 4.98. The maximum absolute atomic E-state index is 12.9. The summed E-state index contributed by atoms with van der Waals surface area (Å²) < 4.78 is 26.5. The highest BCUT2D eigenvalue weighted by atomic mass is 32.2. The fourth-order valence-electron chi connectivity index (χ4n) is 2.15. The molecule has 0 radical (unpaired) electrons. The van der Waals surface area contributed by atoms with Crippen molar-refractivity contribution in [1.82, 2.24) is 0 Å². The number of nitrogens with zero attached hydrogens (tertiary/aromatic N) is 1. The van der Waals surface area contributed by atoms with E-state index in [0.717, 1.165) is 6.07 Å². The molecule has 0 saturated carbocycles. The lowest BCUT2D eigenvalue weighted by Gasteiger charge is -2.28. The topological polar surface area (TPSA) is 112 Å². The quantitative estimate of drug-likeness (QED) is 0.825. The van der Waals surface area contributed by atoms with Gasteiger partial charge in [-0.05, 0) is 37.3 Å². The molecule has 0 saturated heterocycles.